The first-order valence-electron chi connectivity index (χ1n) is 20.5. The van der Waals surface area contributed by atoms with E-state index in [2.05, 4.69) is 10.3 Å². The summed E-state index contributed by atoms with van der Waals surface area (Å²) in [6.45, 7) is 8.35. The number of hydrogen-bond donors (Lipinski definition) is 3. The lowest BCUT2D eigenvalue weighted by Gasteiger charge is -2.47. The molecule has 0 bridgehead atoms. The van der Waals surface area contributed by atoms with Gasteiger partial charge in [-0.3, -0.25) is 24.0 Å². The molecule has 6 rings (SSSR count). The molecule has 1 saturated heterocycles. The van der Waals surface area contributed by atoms with E-state index in [9.17, 15) is 32.3 Å². The number of sulfonamides is 1. The lowest BCUT2D eigenvalue weighted by atomic mass is 9.84. The number of carboxylic acid groups (broad SMARTS) is 1. The van der Waals surface area contributed by atoms with Gasteiger partial charge in [0.05, 0.1) is 12.6 Å². The van der Waals surface area contributed by atoms with Crippen LogP contribution >= 0.6 is 0 Å². The van der Waals surface area contributed by atoms with Gasteiger partial charge in [0.1, 0.15) is 40.7 Å². The molecule has 3 fully saturated rings. The van der Waals surface area contributed by atoms with Crippen molar-refractivity contribution in [2.24, 2.45) is 17.8 Å². The molecule has 2 aliphatic carbocycles. The summed E-state index contributed by atoms with van der Waals surface area (Å²) in [5, 5.41) is 14.7. The zero-order chi connectivity index (χ0) is 44.2. The van der Waals surface area contributed by atoms with E-state index in [0.717, 1.165) is 24.1 Å². The first kappa shape index (κ1) is 44.9. The molecular formula is C42H56F3N5O9S. The van der Waals surface area contributed by atoms with Crippen LogP contribution in [0.3, 0.4) is 0 Å². The van der Waals surface area contributed by atoms with Gasteiger partial charge in [-0.05, 0) is 89.5 Å². The minimum atomic E-state index is -4.48. The summed E-state index contributed by atoms with van der Waals surface area (Å²) in [7, 11) is -4.48. The van der Waals surface area contributed by atoms with Crippen LogP contribution in [0.1, 0.15) is 93.4 Å². The highest BCUT2D eigenvalue weighted by atomic mass is 32.2. The van der Waals surface area contributed by atoms with Crippen LogP contribution in [0.4, 0.5) is 18.0 Å². The van der Waals surface area contributed by atoms with E-state index >= 15 is 13.6 Å². The Morgan fingerprint density at radius 1 is 1.13 bits per heavy atom. The third kappa shape index (κ3) is 8.62. The van der Waals surface area contributed by atoms with Gasteiger partial charge < -0.3 is 24.8 Å². The second-order valence-electron chi connectivity index (χ2n) is 18.0. The van der Waals surface area contributed by atoms with E-state index in [1.807, 2.05) is 37.6 Å². The van der Waals surface area contributed by atoms with Crippen molar-refractivity contribution in [1.29, 1.82) is 0 Å². The Kier molecular flexibility index (Phi) is 12.2. The number of ether oxygens (including phenoxy) is 2. The third-order valence-corrected chi connectivity index (χ3v) is 14.8. The number of carbonyl (C=O) groups is 4. The standard InChI is InChI=1S/C42H56F3N5O9S/c1-24(2)58-32-19-27-13-9-11-15-30(27)35(46-32)59-29-20-31-34(51)47-42(37(53)48-60(56,57)41(23-43)16-17-41)21-28(42)14-10-8-12-25(3)18-26(4)33(36(52)49(31)22-29)50(38(54)55)39(5,6)40(7,44)45/h9-11,13-15,19,24-26,28-29,31,33H,8,12,16-18,20-23H2,1-7H3,(H,47,51)(H,48,53)(H,54,55)/b14-10-/t25-,26-,28-,29-,31+,33+,42-/m1/s1. The van der Waals surface area contributed by atoms with E-state index in [-0.39, 0.29) is 62.4 Å². The second-order valence-corrected chi connectivity index (χ2v) is 20.1. The van der Waals surface area contributed by atoms with Crippen LogP contribution in [-0.2, 0) is 24.4 Å². The highest BCUT2D eigenvalue weighted by Gasteiger charge is 2.64. The number of halogens is 3. The molecule has 18 heteroatoms. The number of nitrogens with zero attached hydrogens (tertiary/aromatic N) is 3. The molecule has 7 atom stereocenters. The first-order valence-corrected chi connectivity index (χ1v) is 22.0. The zero-order valence-corrected chi connectivity index (χ0v) is 35.9. The molecular weight excluding hydrogens is 808 g/mol. The van der Waals surface area contributed by atoms with E-state index in [1.54, 1.807) is 37.3 Å². The topological polar surface area (TPSA) is 185 Å². The van der Waals surface area contributed by atoms with Gasteiger partial charge in [0.2, 0.25) is 33.6 Å². The maximum atomic E-state index is 15.4. The maximum Gasteiger partial charge on any atom is 0.408 e. The van der Waals surface area contributed by atoms with Gasteiger partial charge in [0.25, 0.3) is 11.8 Å². The molecule has 1 aromatic heterocycles. The smallest absolute Gasteiger partial charge is 0.408 e. The van der Waals surface area contributed by atoms with Crippen LogP contribution in [0.2, 0.25) is 0 Å². The summed E-state index contributed by atoms with van der Waals surface area (Å²) in [6, 6.07) is 5.78. The molecule has 0 unspecified atom stereocenters. The number of alkyl halides is 3. The maximum absolute atomic E-state index is 15.4. The minimum absolute atomic E-state index is 0.000142. The number of allylic oxidation sites excluding steroid dienone is 1. The average Bonchev–Trinajstić information content (AvgIpc) is 4.05. The Balaban J connectivity index is 1.43. The lowest BCUT2D eigenvalue weighted by Crippen LogP contribution is -2.66. The molecule has 4 amide bonds. The number of carbonyl (C=O) groups excluding carboxylic acids is 3. The Morgan fingerprint density at radius 3 is 2.43 bits per heavy atom. The van der Waals surface area contributed by atoms with Crippen molar-refractivity contribution < 1.29 is 55.3 Å². The fourth-order valence-corrected chi connectivity index (χ4v) is 9.93. The molecule has 3 heterocycles. The predicted octanol–water partition coefficient (Wildman–Crippen LogP) is 5.99. The summed E-state index contributed by atoms with van der Waals surface area (Å²) in [5.74, 6) is -7.72. The first-order chi connectivity index (χ1) is 28.0. The molecule has 2 saturated carbocycles. The summed E-state index contributed by atoms with van der Waals surface area (Å²) in [4.78, 5) is 63.2. The summed E-state index contributed by atoms with van der Waals surface area (Å²) >= 11 is 0. The Labute approximate surface area is 348 Å². The van der Waals surface area contributed by atoms with Crippen molar-refractivity contribution in [3.05, 3.63) is 42.5 Å². The van der Waals surface area contributed by atoms with Crippen molar-refractivity contribution >= 4 is 44.6 Å². The van der Waals surface area contributed by atoms with Crippen LogP contribution in [0.15, 0.2) is 42.5 Å². The van der Waals surface area contributed by atoms with Gasteiger partial charge in [0.15, 0.2) is 0 Å². The molecule has 4 aliphatic rings. The van der Waals surface area contributed by atoms with Gasteiger partial charge in [-0.1, -0.05) is 44.2 Å². The highest BCUT2D eigenvalue weighted by Crippen LogP contribution is 2.48. The molecule has 330 valence electrons. The van der Waals surface area contributed by atoms with Crippen LogP contribution in [0.25, 0.3) is 10.8 Å². The number of nitrogens with one attached hydrogen (secondary N) is 2. The molecule has 60 heavy (non-hydrogen) atoms. The average molecular weight is 864 g/mol. The number of rotatable bonds is 11. The van der Waals surface area contributed by atoms with Gasteiger partial charge in [-0.2, -0.15) is 4.98 Å². The van der Waals surface area contributed by atoms with Crippen molar-refractivity contribution in [2.45, 2.75) is 139 Å². The quantitative estimate of drug-likeness (QED) is 0.227. The molecule has 1 aromatic carbocycles. The Morgan fingerprint density at radius 2 is 1.82 bits per heavy atom. The van der Waals surface area contributed by atoms with Crippen LogP contribution in [0.5, 0.6) is 11.8 Å². The summed E-state index contributed by atoms with van der Waals surface area (Å²) < 4.78 is 83.8. The zero-order valence-electron chi connectivity index (χ0n) is 35.0. The summed E-state index contributed by atoms with van der Waals surface area (Å²) in [6.07, 6.45) is 1.66. The van der Waals surface area contributed by atoms with E-state index < -0.39 is 92.3 Å². The van der Waals surface area contributed by atoms with Crippen LogP contribution in [-0.4, -0.2) is 111 Å². The van der Waals surface area contributed by atoms with E-state index in [4.69, 9.17) is 9.47 Å². The van der Waals surface area contributed by atoms with Crippen molar-refractivity contribution in [3.8, 4) is 11.8 Å². The largest absolute Gasteiger partial charge is 0.475 e. The molecule has 14 nitrogen and oxygen atoms in total. The number of hydrogen-bond acceptors (Lipinski definition) is 9. The van der Waals surface area contributed by atoms with Gasteiger partial charge in [-0.25, -0.2) is 26.4 Å². The fraction of sp³-hybridized carbons (Fsp3) is 0.643. The van der Waals surface area contributed by atoms with E-state index in [1.165, 1.54) is 0 Å². The Bertz CT molecular complexity index is 2140. The number of benzene rings is 1. The summed E-state index contributed by atoms with van der Waals surface area (Å²) in [5.41, 5.74) is -4.19. The second kappa shape index (κ2) is 16.3. The van der Waals surface area contributed by atoms with Crippen molar-refractivity contribution in [3.63, 3.8) is 0 Å². The van der Waals surface area contributed by atoms with Gasteiger partial charge in [-0.15, -0.1) is 0 Å². The highest BCUT2D eigenvalue weighted by molar-refractivity contribution is 7.91. The third-order valence-electron chi connectivity index (χ3n) is 12.7. The number of pyridine rings is 1. The van der Waals surface area contributed by atoms with Gasteiger partial charge >= 0.3 is 6.09 Å². The van der Waals surface area contributed by atoms with Crippen LogP contribution < -0.4 is 19.5 Å². The molecule has 0 spiro atoms. The molecule has 3 N–H and O–H groups in total. The van der Waals surface area contributed by atoms with E-state index in [0.29, 0.717) is 30.1 Å². The molecule has 0 radical (unpaired) electrons. The minimum Gasteiger partial charge on any atom is -0.475 e. The molecule has 2 aromatic rings. The monoisotopic (exact) mass is 863 g/mol. The van der Waals surface area contributed by atoms with Crippen LogP contribution in [0, 0.1) is 17.8 Å². The van der Waals surface area contributed by atoms with Crippen molar-refractivity contribution in [1.82, 2.24) is 24.8 Å². The predicted molar refractivity (Wildman–Crippen MR) is 216 cm³/mol. The number of amides is 4. The Hall–Kier alpha value is -4.61. The number of aromatic nitrogens is 1. The fourth-order valence-electron chi connectivity index (χ4n) is 8.51. The lowest BCUT2D eigenvalue weighted by molar-refractivity contribution is -0.156. The normalized spacial score (nSPS) is 29.0. The SMILES string of the molecule is CC(C)Oc1cc2ccccc2c(O[C@@H]2C[C@H]3C(=O)N[C@]4(C(=O)NS(=O)(=O)C5(CF)CC5)C[C@H]4/C=C\CC[C@@H](C)C[C@@H](C)[C@H](N(C(=O)O)C(C)(C)C(C)(F)F)C(=O)N3C2)n1. The van der Waals surface area contributed by atoms with Crippen molar-refractivity contribution in [2.75, 3.05) is 13.2 Å². The molecule has 2 aliphatic heterocycles. The van der Waals surface area contributed by atoms with Gasteiger partial charge in [0, 0.05) is 30.7 Å². The number of fused-ring (bicyclic) bond motifs is 3.